The van der Waals surface area contributed by atoms with Crippen LogP contribution in [0.4, 0.5) is 5.69 Å². The van der Waals surface area contributed by atoms with Gasteiger partial charge in [-0.1, -0.05) is 12.1 Å². The summed E-state index contributed by atoms with van der Waals surface area (Å²) in [6, 6.07) is 7.21. The molecule has 0 N–H and O–H groups in total. The van der Waals surface area contributed by atoms with Crippen LogP contribution < -0.4 is 0 Å². The van der Waals surface area contributed by atoms with E-state index in [1.54, 1.807) is 12.1 Å². The number of non-ortho nitro benzene ring substituents is 1. The van der Waals surface area contributed by atoms with Crippen molar-refractivity contribution < 1.29 is 9.72 Å². The maximum atomic E-state index is 12.6. The van der Waals surface area contributed by atoms with E-state index < -0.39 is 0 Å². The zero-order chi connectivity index (χ0) is 18.5. The molecule has 0 unspecified atom stereocenters. The van der Waals surface area contributed by atoms with Crippen molar-refractivity contribution in [1.29, 1.82) is 0 Å². The molecular weight excluding hydrogens is 332 g/mol. The van der Waals surface area contributed by atoms with Gasteiger partial charge in [0.1, 0.15) is 0 Å². The summed E-state index contributed by atoms with van der Waals surface area (Å²) >= 11 is 0. The third-order valence-electron chi connectivity index (χ3n) is 5.47. The lowest BCUT2D eigenvalue weighted by molar-refractivity contribution is -0.384. The van der Waals surface area contributed by atoms with Crippen LogP contribution in [0.25, 0.3) is 0 Å². The van der Waals surface area contributed by atoms with E-state index in [0.29, 0.717) is 19.1 Å². The van der Waals surface area contributed by atoms with Gasteiger partial charge in [-0.3, -0.25) is 24.7 Å². The Labute approximate surface area is 154 Å². The van der Waals surface area contributed by atoms with Gasteiger partial charge in [-0.05, 0) is 31.7 Å². The molecule has 2 heterocycles. The molecule has 142 valence electrons. The zero-order valence-electron chi connectivity index (χ0n) is 15.5. The number of amides is 1. The summed E-state index contributed by atoms with van der Waals surface area (Å²) in [5, 5.41) is 10.9. The van der Waals surface area contributed by atoms with Crippen molar-refractivity contribution in [2.45, 2.75) is 38.8 Å². The molecule has 7 nitrogen and oxygen atoms in total. The fourth-order valence-electron chi connectivity index (χ4n) is 3.88. The van der Waals surface area contributed by atoms with E-state index in [2.05, 4.69) is 16.7 Å². The quantitative estimate of drug-likeness (QED) is 0.594. The molecule has 2 saturated heterocycles. The Morgan fingerprint density at radius 3 is 2.58 bits per heavy atom. The van der Waals surface area contributed by atoms with Gasteiger partial charge in [0, 0.05) is 57.4 Å². The fourth-order valence-corrected chi connectivity index (χ4v) is 3.88. The lowest BCUT2D eigenvalue weighted by Gasteiger charge is -2.38. The third kappa shape index (κ3) is 4.80. The normalized spacial score (nSPS) is 22.3. The Morgan fingerprint density at radius 2 is 1.88 bits per heavy atom. The first-order valence-electron chi connectivity index (χ1n) is 9.50. The highest BCUT2D eigenvalue weighted by atomic mass is 16.6. The average molecular weight is 360 g/mol. The summed E-state index contributed by atoms with van der Waals surface area (Å²) in [5.41, 5.74) is 1.10. The second-order valence-corrected chi connectivity index (χ2v) is 7.41. The van der Waals surface area contributed by atoms with Crippen molar-refractivity contribution >= 4 is 11.6 Å². The van der Waals surface area contributed by atoms with Crippen molar-refractivity contribution in [3.8, 4) is 0 Å². The molecule has 1 amide bonds. The smallest absolute Gasteiger partial charge is 0.269 e. The molecule has 0 aliphatic carbocycles. The van der Waals surface area contributed by atoms with Crippen LogP contribution in [0.15, 0.2) is 24.3 Å². The zero-order valence-corrected chi connectivity index (χ0v) is 15.5. The van der Waals surface area contributed by atoms with Crippen LogP contribution >= 0.6 is 0 Å². The van der Waals surface area contributed by atoms with Crippen molar-refractivity contribution in [1.82, 2.24) is 14.7 Å². The first-order valence-corrected chi connectivity index (χ1v) is 9.50. The highest BCUT2D eigenvalue weighted by Gasteiger charge is 2.26. The number of likely N-dealkylation sites (tertiary alicyclic amines) is 1. The van der Waals surface area contributed by atoms with Gasteiger partial charge in [0.2, 0.25) is 5.91 Å². The van der Waals surface area contributed by atoms with Crippen molar-refractivity contribution in [3.63, 3.8) is 0 Å². The molecule has 1 aromatic carbocycles. The molecule has 2 aliphatic rings. The van der Waals surface area contributed by atoms with E-state index in [0.717, 1.165) is 51.1 Å². The van der Waals surface area contributed by atoms with E-state index in [4.69, 9.17) is 0 Å². The molecule has 1 aromatic rings. The molecular formula is C19H28N4O3. The highest BCUT2D eigenvalue weighted by Crippen LogP contribution is 2.18. The van der Waals surface area contributed by atoms with Gasteiger partial charge in [-0.15, -0.1) is 0 Å². The molecule has 2 aliphatic heterocycles. The Morgan fingerprint density at radius 1 is 1.15 bits per heavy atom. The second kappa shape index (κ2) is 8.60. The van der Waals surface area contributed by atoms with Gasteiger partial charge in [0.05, 0.1) is 11.5 Å². The summed E-state index contributed by atoms with van der Waals surface area (Å²) in [6.45, 7) is 7.76. The number of piperidine rings is 1. The molecule has 26 heavy (non-hydrogen) atoms. The molecule has 0 bridgehead atoms. The first kappa shape index (κ1) is 18.8. The summed E-state index contributed by atoms with van der Waals surface area (Å²) in [4.78, 5) is 29.7. The lowest BCUT2D eigenvalue weighted by Crippen LogP contribution is -2.51. The van der Waals surface area contributed by atoms with Crippen LogP contribution in [-0.2, 0) is 11.3 Å². The number of hydrogen-bond acceptors (Lipinski definition) is 5. The van der Waals surface area contributed by atoms with Crippen molar-refractivity contribution in [3.05, 3.63) is 39.9 Å². The van der Waals surface area contributed by atoms with Gasteiger partial charge in [0.25, 0.3) is 5.69 Å². The fraction of sp³-hybridized carbons (Fsp3) is 0.632. The Kier molecular flexibility index (Phi) is 6.21. The van der Waals surface area contributed by atoms with E-state index in [-0.39, 0.29) is 16.5 Å². The second-order valence-electron chi connectivity index (χ2n) is 7.41. The maximum absolute atomic E-state index is 12.6. The molecule has 0 aromatic heterocycles. The van der Waals surface area contributed by atoms with Crippen LogP contribution in [0.3, 0.4) is 0 Å². The molecule has 0 saturated carbocycles. The number of nitro benzene ring substituents is 1. The van der Waals surface area contributed by atoms with Crippen LogP contribution in [0.2, 0.25) is 0 Å². The van der Waals surface area contributed by atoms with Crippen LogP contribution in [0.1, 0.15) is 31.7 Å². The minimum absolute atomic E-state index is 0.141. The first-order chi connectivity index (χ1) is 12.5. The SMILES string of the molecule is C[C@H]1CCCCN1C(=O)CN1CCN(Cc2cccc([N+](=O)[O-])c2)CC1. The molecule has 7 heteroatoms. The molecule has 0 radical (unpaired) electrons. The predicted molar refractivity (Wildman–Crippen MR) is 99.8 cm³/mol. The van der Waals surface area contributed by atoms with Gasteiger partial charge in [0.15, 0.2) is 0 Å². The number of nitrogens with zero attached hydrogens (tertiary/aromatic N) is 4. The van der Waals surface area contributed by atoms with E-state index in [9.17, 15) is 14.9 Å². The van der Waals surface area contributed by atoms with Crippen LogP contribution in [0.5, 0.6) is 0 Å². The largest absolute Gasteiger partial charge is 0.339 e. The average Bonchev–Trinajstić information content (AvgIpc) is 2.64. The molecule has 0 spiro atoms. The van der Waals surface area contributed by atoms with Crippen molar-refractivity contribution in [2.75, 3.05) is 39.3 Å². The minimum Gasteiger partial charge on any atom is -0.339 e. The topological polar surface area (TPSA) is 69.9 Å². The lowest BCUT2D eigenvalue weighted by atomic mass is 10.0. The van der Waals surface area contributed by atoms with Crippen molar-refractivity contribution in [2.24, 2.45) is 0 Å². The maximum Gasteiger partial charge on any atom is 0.269 e. The molecule has 1 atom stereocenters. The minimum atomic E-state index is -0.353. The van der Waals surface area contributed by atoms with Crippen LogP contribution in [-0.4, -0.2) is 70.8 Å². The van der Waals surface area contributed by atoms with Gasteiger partial charge in [-0.2, -0.15) is 0 Å². The number of carbonyl (C=O) groups excluding carboxylic acids is 1. The van der Waals surface area contributed by atoms with E-state index in [1.165, 1.54) is 12.5 Å². The Hall–Kier alpha value is -1.99. The van der Waals surface area contributed by atoms with Crippen LogP contribution in [0, 0.1) is 10.1 Å². The number of hydrogen-bond donors (Lipinski definition) is 0. The number of nitro groups is 1. The number of carbonyl (C=O) groups is 1. The van der Waals surface area contributed by atoms with Gasteiger partial charge >= 0.3 is 0 Å². The predicted octanol–water partition coefficient (Wildman–Crippen LogP) is 2.11. The third-order valence-corrected chi connectivity index (χ3v) is 5.47. The highest BCUT2D eigenvalue weighted by molar-refractivity contribution is 5.78. The Balaban J connectivity index is 1.46. The summed E-state index contributed by atoms with van der Waals surface area (Å²) in [7, 11) is 0. The summed E-state index contributed by atoms with van der Waals surface area (Å²) in [6.07, 6.45) is 3.46. The number of rotatable bonds is 5. The summed E-state index contributed by atoms with van der Waals surface area (Å²) in [5.74, 6) is 0.254. The number of piperazine rings is 1. The standard InChI is InChI=1S/C19H28N4O3/c1-16-5-2-3-8-22(16)19(24)15-21-11-9-20(10-12-21)14-17-6-4-7-18(13-17)23(25)26/h4,6-7,13,16H,2-3,5,8-12,14-15H2,1H3/t16-/m0/s1. The monoisotopic (exact) mass is 360 g/mol. The molecule has 3 rings (SSSR count). The Bertz CT molecular complexity index is 643. The summed E-state index contributed by atoms with van der Waals surface area (Å²) < 4.78 is 0. The van der Waals surface area contributed by atoms with Gasteiger partial charge < -0.3 is 4.90 Å². The van der Waals surface area contributed by atoms with E-state index >= 15 is 0 Å². The molecule has 2 fully saturated rings. The number of benzene rings is 1. The van der Waals surface area contributed by atoms with Gasteiger partial charge in [-0.25, -0.2) is 0 Å². The van der Waals surface area contributed by atoms with E-state index in [1.807, 2.05) is 11.0 Å².